The van der Waals surface area contributed by atoms with Crippen LogP contribution < -0.4 is 10.2 Å². The molecule has 0 saturated carbocycles. The van der Waals surface area contributed by atoms with Gasteiger partial charge in [-0.2, -0.15) is 5.10 Å². The summed E-state index contributed by atoms with van der Waals surface area (Å²) in [6, 6.07) is 20.2. The van der Waals surface area contributed by atoms with Crippen molar-refractivity contribution in [2.75, 3.05) is 5.43 Å². The molecular formula is C22H20N2O3. The van der Waals surface area contributed by atoms with Crippen LogP contribution in [0.5, 0.6) is 11.5 Å². The Balaban J connectivity index is 1.66. The van der Waals surface area contributed by atoms with Crippen LogP contribution in [0, 0.1) is 13.8 Å². The van der Waals surface area contributed by atoms with E-state index in [1.54, 1.807) is 24.4 Å². The van der Waals surface area contributed by atoms with Crippen molar-refractivity contribution in [3.63, 3.8) is 0 Å². The summed E-state index contributed by atoms with van der Waals surface area (Å²) >= 11 is 0. The highest BCUT2D eigenvalue weighted by molar-refractivity contribution is 5.94. The van der Waals surface area contributed by atoms with Gasteiger partial charge in [0.2, 0.25) is 0 Å². The van der Waals surface area contributed by atoms with Crippen LogP contribution in [-0.4, -0.2) is 17.3 Å². The Morgan fingerprint density at radius 1 is 1.04 bits per heavy atom. The third-order valence-corrected chi connectivity index (χ3v) is 4.01. The lowest BCUT2D eigenvalue weighted by atomic mass is 10.1. The van der Waals surface area contributed by atoms with E-state index in [9.17, 15) is 4.79 Å². The molecule has 3 aromatic carbocycles. The van der Waals surface area contributed by atoms with Crippen LogP contribution in [0.1, 0.15) is 27.0 Å². The molecule has 0 radical (unpaired) electrons. The maximum absolute atomic E-state index is 11.2. The Bertz CT molecular complexity index is 979. The molecule has 0 aliphatic rings. The molecule has 0 aliphatic carbocycles. The van der Waals surface area contributed by atoms with Gasteiger partial charge in [0.1, 0.15) is 11.5 Å². The number of carbonyl (C=O) groups is 1. The highest BCUT2D eigenvalue weighted by atomic mass is 16.5. The fourth-order valence-corrected chi connectivity index (χ4v) is 2.51. The second-order valence-electron chi connectivity index (χ2n) is 6.16. The number of nitrogens with zero attached hydrogens (tertiary/aromatic N) is 1. The first kappa shape index (κ1) is 18.2. The fourth-order valence-electron chi connectivity index (χ4n) is 2.51. The third kappa shape index (κ3) is 4.73. The number of ether oxygens (including phenoxy) is 1. The molecule has 0 atom stereocenters. The summed E-state index contributed by atoms with van der Waals surface area (Å²) in [6.07, 6.45) is 1.63. The van der Waals surface area contributed by atoms with Crippen molar-refractivity contribution in [2.24, 2.45) is 5.10 Å². The highest BCUT2D eigenvalue weighted by Gasteiger charge is 2.07. The van der Waals surface area contributed by atoms with Crippen LogP contribution in [0.2, 0.25) is 0 Å². The van der Waals surface area contributed by atoms with Crippen molar-refractivity contribution in [1.82, 2.24) is 0 Å². The first-order chi connectivity index (χ1) is 13.0. The van der Waals surface area contributed by atoms with Crippen molar-refractivity contribution < 1.29 is 14.6 Å². The molecule has 0 unspecified atom stereocenters. The monoisotopic (exact) mass is 360 g/mol. The summed E-state index contributed by atoms with van der Waals surface area (Å²) in [4.78, 5) is 11.2. The van der Waals surface area contributed by atoms with Crippen molar-refractivity contribution in [3.8, 4) is 11.5 Å². The number of carboxylic acids is 1. The number of nitrogens with one attached hydrogen (secondary N) is 1. The summed E-state index contributed by atoms with van der Waals surface area (Å²) in [5.74, 6) is 0.578. The zero-order valence-corrected chi connectivity index (χ0v) is 15.1. The first-order valence-corrected chi connectivity index (χ1v) is 8.49. The number of rotatable bonds is 6. The van der Waals surface area contributed by atoms with Crippen LogP contribution in [-0.2, 0) is 0 Å². The fraction of sp³-hybridized carbons (Fsp3) is 0.0909. The van der Waals surface area contributed by atoms with Gasteiger partial charge in [0.25, 0.3) is 0 Å². The smallest absolute Gasteiger partial charge is 0.337 e. The average Bonchev–Trinajstić information content (AvgIpc) is 2.66. The number of aryl methyl sites for hydroxylation is 2. The second kappa shape index (κ2) is 8.19. The van der Waals surface area contributed by atoms with Gasteiger partial charge in [-0.15, -0.1) is 0 Å². The number of hydrogen-bond acceptors (Lipinski definition) is 4. The molecule has 0 aromatic heterocycles. The number of hydrazone groups is 1. The van der Waals surface area contributed by atoms with E-state index in [0.29, 0.717) is 5.69 Å². The zero-order chi connectivity index (χ0) is 19.2. The topological polar surface area (TPSA) is 70.9 Å². The van der Waals surface area contributed by atoms with Crippen molar-refractivity contribution in [1.29, 1.82) is 0 Å². The van der Waals surface area contributed by atoms with Gasteiger partial charge in [-0.25, -0.2) is 4.79 Å². The van der Waals surface area contributed by atoms with Gasteiger partial charge < -0.3 is 9.84 Å². The van der Waals surface area contributed by atoms with Crippen molar-refractivity contribution >= 4 is 17.9 Å². The van der Waals surface area contributed by atoms with E-state index in [1.165, 1.54) is 6.07 Å². The molecule has 27 heavy (non-hydrogen) atoms. The first-order valence-electron chi connectivity index (χ1n) is 8.49. The third-order valence-electron chi connectivity index (χ3n) is 4.01. The van der Waals surface area contributed by atoms with Gasteiger partial charge in [0, 0.05) is 0 Å². The normalized spacial score (nSPS) is 10.7. The minimum Gasteiger partial charge on any atom is -0.478 e. The molecule has 0 aliphatic heterocycles. The van der Waals surface area contributed by atoms with E-state index in [2.05, 4.69) is 16.6 Å². The maximum atomic E-state index is 11.2. The molecule has 2 N–H and O–H groups in total. The number of aromatic carboxylic acids is 1. The Morgan fingerprint density at radius 2 is 1.78 bits per heavy atom. The summed E-state index contributed by atoms with van der Waals surface area (Å²) < 4.78 is 5.94. The molecular weight excluding hydrogens is 340 g/mol. The summed E-state index contributed by atoms with van der Waals surface area (Å²) in [6.45, 7) is 4.04. The van der Waals surface area contributed by atoms with Crippen LogP contribution in [0.25, 0.3) is 0 Å². The van der Waals surface area contributed by atoms with Crippen molar-refractivity contribution in [2.45, 2.75) is 13.8 Å². The standard InChI is InChI=1S/C22H20N2O3/c1-15-7-8-16(2)21(13-15)27-18-11-9-17(10-12-18)14-23-24-20-6-4-3-5-19(20)22(25)26/h3-14,24H,1-2H3,(H,25,26). The quantitative estimate of drug-likeness (QED) is 0.466. The number of benzene rings is 3. The summed E-state index contributed by atoms with van der Waals surface area (Å²) in [7, 11) is 0. The van der Waals surface area contributed by atoms with E-state index in [-0.39, 0.29) is 5.56 Å². The van der Waals surface area contributed by atoms with E-state index < -0.39 is 5.97 Å². The molecule has 0 fully saturated rings. The van der Waals surface area contributed by atoms with E-state index in [0.717, 1.165) is 28.2 Å². The van der Waals surface area contributed by atoms with Crippen LogP contribution >= 0.6 is 0 Å². The SMILES string of the molecule is Cc1ccc(C)c(Oc2ccc(C=NNc3ccccc3C(=O)O)cc2)c1. The summed E-state index contributed by atoms with van der Waals surface area (Å²) in [5.41, 5.74) is 6.47. The Kier molecular flexibility index (Phi) is 5.52. The molecule has 0 saturated heterocycles. The molecule has 5 heteroatoms. The maximum Gasteiger partial charge on any atom is 0.337 e. The van der Waals surface area contributed by atoms with Crippen LogP contribution in [0.3, 0.4) is 0 Å². The molecule has 3 rings (SSSR count). The number of anilines is 1. The molecule has 0 spiro atoms. The lowest BCUT2D eigenvalue weighted by Gasteiger charge is -2.09. The van der Waals surface area contributed by atoms with Gasteiger partial charge in [0.05, 0.1) is 17.5 Å². The average molecular weight is 360 g/mol. The van der Waals surface area contributed by atoms with Gasteiger partial charge in [-0.05, 0) is 73.0 Å². The molecule has 0 heterocycles. The van der Waals surface area contributed by atoms with E-state index >= 15 is 0 Å². The highest BCUT2D eigenvalue weighted by Crippen LogP contribution is 2.26. The zero-order valence-electron chi connectivity index (χ0n) is 15.1. The van der Waals surface area contributed by atoms with Crippen LogP contribution in [0.15, 0.2) is 71.8 Å². The van der Waals surface area contributed by atoms with E-state index in [1.807, 2.05) is 50.2 Å². The Hall–Kier alpha value is -3.60. The van der Waals surface area contributed by atoms with Crippen LogP contribution in [0.4, 0.5) is 5.69 Å². The molecule has 5 nitrogen and oxygen atoms in total. The minimum absolute atomic E-state index is 0.173. The number of carboxylic acid groups (broad SMARTS) is 1. The van der Waals surface area contributed by atoms with E-state index in [4.69, 9.17) is 9.84 Å². The lowest BCUT2D eigenvalue weighted by molar-refractivity contribution is 0.0698. The minimum atomic E-state index is -0.999. The second-order valence-corrected chi connectivity index (χ2v) is 6.16. The Labute approximate surface area is 157 Å². The number of hydrogen-bond donors (Lipinski definition) is 2. The van der Waals surface area contributed by atoms with Gasteiger partial charge in [-0.1, -0.05) is 24.3 Å². The van der Waals surface area contributed by atoms with Gasteiger partial charge in [-0.3, -0.25) is 5.43 Å². The van der Waals surface area contributed by atoms with Gasteiger partial charge >= 0.3 is 5.97 Å². The molecule has 0 bridgehead atoms. The van der Waals surface area contributed by atoms with Gasteiger partial charge in [0.15, 0.2) is 0 Å². The van der Waals surface area contributed by atoms with Crippen molar-refractivity contribution in [3.05, 3.63) is 89.0 Å². The Morgan fingerprint density at radius 3 is 2.52 bits per heavy atom. The molecule has 136 valence electrons. The number of para-hydroxylation sites is 1. The largest absolute Gasteiger partial charge is 0.478 e. The predicted molar refractivity (Wildman–Crippen MR) is 107 cm³/mol. The molecule has 3 aromatic rings. The predicted octanol–water partition coefficient (Wildman–Crippen LogP) is 5.24. The lowest BCUT2D eigenvalue weighted by Crippen LogP contribution is -2.02. The molecule has 0 amide bonds. The summed E-state index contributed by atoms with van der Waals surface area (Å²) in [5, 5.41) is 13.3.